The van der Waals surface area contributed by atoms with E-state index in [4.69, 9.17) is 0 Å². The Labute approximate surface area is 160 Å². The molecule has 1 unspecified atom stereocenters. The summed E-state index contributed by atoms with van der Waals surface area (Å²) in [5.74, 6) is 0.428. The molecule has 148 valence electrons. The highest BCUT2D eigenvalue weighted by Crippen LogP contribution is 2.30. The van der Waals surface area contributed by atoms with Crippen LogP contribution >= 0.6 is 0 Å². The van der Waals surface area contributed by atoms with Gasteiger partial charge < -0.3 is 4.98 Å². The van der Waals surface area contributed by atoms with Crippen LogP contribution < -0.4 is 4.72 Å². The number of rotatable bonds is 6. The summed E-state index contributed by atoms with van der Waals surface area (Å²) in [6, 6.07) is 12.1. The van der Waals surface area contributed by atoms with Crippen LogP contribution in [-0.2, 0) is 16.2 Å². The minimum Gasteiger partial charge on any atom is -0.341 e. The Kier molecular flexibility index (Phi) is 5.57. The topological polar surface area (TPSA) is 74.8 Å². The van der Waals surface area contributed by atoms with Crippen molar-refractivity contribution in [2.75, 3.05) is 0 Å². The second-order valence-corrected chi connectivity index (χ2v) is 7.87. The molecule has 1 atom stereocenters. The molecule has 3 rings (SSSR count). The van der Waals surface area contributed by atoms with E-state index in [-0.39, 0.29) is 4.90 Å². The van der Waals surface area contributed by atoms with Crippen molar-refractivity contribution in [3.8, 4) is 11.3 Å². The van der Waals surface area contributed by atoms with E-state index in [0.717, 1.165) is 35.5 Å². The number of aromatic amines is 1. The summed E-state index contributed by atoms with van der Waals surface area (Å²) in [5.41, 5.74) is 0.738. The average Bonchev–Trinajstić information content (AvgIpc) is 3.16. The van der Waals surface area contributed by atoms with Gasteiger partial charge in [0.1, 0.15) is 5.82 Å². The predicted octanol–water partition coefficient (Wildman–Crippen LogP) is 4.53. The maximum absolute atomic E-state index is 12.7. The van der Waals surface area contributed by atoms with Crippen molar-refractivity contribution in [1.29, 1.82) is 0 Å². The molecular formula is C19H18F3N3O2S. The van der Waals surface area contributed by atoms with E-state index in [0.29, 0.717) is 12.2 Å². The number of aromatic nitrogens is 2. The first-order valence-corrected chi connectivity index (χ1v) is 9.99. The van der Waals surface area contributed by atoms with Crippen molar-refractivity contribution in [2.45, 2.75) is 30.5 Å². The standard InChI is InChI=1S/C19H18F3N3O2S/c1-2-16(18-23-12-17(24-18)13-6-4-3-5-7-13)25-28(26,27)15-10-8-14(9-11-15)19(20,21)22/h3-12,16,25H,2H2,1H3,(H,23,24). The number of alkyl halides is 3. The molecule has 5 nitrogen and oxygen atoms in total. The third-order valence-corrected chi connectivity index (χ3v) is 5.70. The zero-order valence-electron chi connectivity index (χ0n) is 14.9. The fourth-order valence-corrected chi connectivity index (χ4v) is 3.97. The number of nitrogens with zero attached hydrogens (tertiary/aromatic N) is 1. The Morgan fingerprint density at radius 1 is 1.07 bits per heavy atom. The van der Waals surface area contributed by atoms with Gasteiger partial charge in [-0.2, -0.15) is 13.2 Å². The van der Waals surface area contributed by atoms with Gasteiger partial charge >= 0.3 is 6.18 Å². The first-order valence-electron chi connectivity index (χ1n) is 8.50. The summed E-state index contributed by atoms with van der Waals surface area (Å²) < 4.78 is 65.7. The summed E-state index contributed by atoms with van der Waals surface area (Å²) in [7, 11) is -4.01. The average molecular weight is 409 g/mol. The van der Waals surface area contributed by atoms with E-state index in [2.05, 4.69) is 14.7 Å². The zero-order valence-corrected chi connectivity index (χ0v) is 15.7. The fraction of sp³-hybridized carbons (Fsp3) is 0.211. The van der Waals surface area contributed by atoms with E-state index in [1.807, 2.05) is 30.3 Å². The molecule has 0 aliphatic heterocycles. The van der Waals surface area contributed by atoms with Crippen LogP contribution in [0.5, 0.6) is 0 Å². The Hall–Kier alpha value is -2.65. The molecule has 0 saturated heterocycles. The highest BCUT2D eigenvalue weighted by Gasteiger charge is 2.31. The molecule has 1 heterocycles. The summed E-state index contributed by atoms with van der Waals surface area (Å²) in [4.78, 5) is 7.11. The predicted molar refractivity (Wildman–Crippen MR) is 98.8 cm³/mol. The van der Waals surface area contributed by atoms with E-state index in [9.17, 15) is 21.6 Å². The molecule has 0 bridgehead atoms. The summed E-state index contributed by atoms with van der Waals surface area (Å²) in [5, 5.41) is 0. The van der Waals surface area contributed by atoms with Crippen LogP contribution in [0.3, 0.4) is 0 Å². The molecular weight excluding hydrogens is 391 g/mol. The van der Waals surface area contributed by atoms with Crippen molar-refractivity contribution >= 4 is 10.0 Å². The molecule has 28 heavy (non-hydrogen) atoms. The Morgan fingerprint density at radius 2 is 1.71 bits per heavy atom. The van der Waals surface area contributed by atoms with Gasteiger partial charge in [0.25, 0.3) is 0 Å². The third kappa shape index (κ3) is 4.42. The van der Waals surface area contributed by atoms with Gasteiger partial charge in [-0.25, -0.2) is 18.1 Å². The van der Waals surface area contributed by atoms with Gasteiger partial charge in [-0.1, -0.05) is 37.3 Å². The van der Waals surface area contributed by atoms with Crippen LogP contribution in [0.4, 0.5) is 13.2 Å². The summed E-state index contributed by atoms with van der Waals surface area (Å²) in [6.07, 6.45) is -2.51. The molecule has 9 heteroatoms. The maximum Gasteiger partial charge on any atom is 0.416 e. The van der Waals surface area contributed by atoms with Crippen molar-refractivity contribution in [2.24, 2.45) is 0 Å². The molecule has 0 spiro atoms. The van der Waals surface area contributed by atoms with Crippen LogP contribution in [-0.4, -0.2) is 18.4 Å². The maximum atomic E-state index is 12.7. The largest absolute Gasteiger partial charge is 0.416 e. The number of hydrogen-bond acceptors (Lipinski definition) is 3. The van der Waals surface area contributed by atoms with Crippen LogP contribution in [0.1, 0.15) is 30.8 Å². The van der Waals surface area contributed by atoms with Crippen LogP contribution in [0.15, 0.2) is 65.7 Å². The Morgan fingerprint density at radius 3 is 2.29 bits per heavy atom. The monoisotopic (exact) mass is 409 g/mol. The molecule has 0 radical (unpaired) electrons. The van der Waals surface area contributed by atoms with E-state index < -0.39 is 27.8 Å². The smallest absolute Gasteiger partial charge is 0.341 e. The molecule has 0 aliphatic carbocycles. The van der Waals surface area contributed by atoms with Gasteiger partial charge in [0.05, 0.1) is 28.4 Å². The molecule has 0 saturated carbocycles. The van der Waals surface area contributed by atoms with Gasteiger partial charge in [-0.3, -0.25) is 0 Å². The third-order valence-electron chi connectivity index (χ3n) is 4.21. The fourth-order valence-electron chi connectivity index (χ4n) is 2.69. The first-order chi connectivity index (χ1) is 13.2. The Balaban J connectivity index is 1.81. The summed E-state index contributed by atoms with van der Waals surface area (Å²) >= 11 is 0. The van der Waals surface area contributed by atoms with Crippen molar-refractivity contribution in [3.63, 3.8) is 0 Å². The second-order valence-electron chi connectivity index (χ2n) is 6.15. The number of hydrogen-bond donors (Lipinski definition) is 2. The number of H-pyrrole nitrogens is 1. The molecule has 2 N–H and O–H groups in total. The van der Waals surface area contributed by atoms with Gasteiger partial charge in [0.2, 0.25) is 10.0 Å². The summed E-state index contributed by atoms with van der Waals surface area (Å²) in [6.45, 7) is 1.78. The molecule has 3 aromatic rings. The van der Waals surface area contributed by atoms with Crippen LogP contribution in [0, 0.1) is 0 Å². The first kappa shape index (κ1) is 20.1. The Bertz CT molecular complexity index is 1030. The molecule has 0 amide bonds. The van der Waals surface area contributed by atoms with Crippen LogP contribution in [0.25, 0.3) is 11.3 Å². The number of benzene rings is 2. The molecule has 0 fully saturated rings. The lowest BCUT2D eigenvalue weighted by Gasteiger charge is -2.15. The lowest BCUT2D eigenvalue weighted by molar-refractivity contribution is -0.137. The number of sulfonamides is 1. The van der Waals surface area contributed by atoms with Gasteiger partial charge in [-0.05, 0) is 36.2 Å². The number of nitrogens with one attached hydrogen (secondary N) is 2. The molecule has 2 aromatic carbocycles. The van der Waals surface area contributed by atoms with Crippen molar-refractivity contribution in [1.82, 2.24) is 14.7 Å². The highest BCUT2D eigenvalue weighted by molar-refractivity contribution is 7.89. The van der Waals surface area contributed by atoms with E-state index in [1.165, 1.54) is 0 Å². The van der Waals surface area contributed by atoms with Gasteiger partial charge in [0.15, 0.2) is 0 Å². The lowest BCUT2D eigenvalue weighted by Crippen LogP contribution is -2.29. The molecule has 0 aliphatic rings. The molecule has 1 aromatic heterocycles. The van der Waals surface area contributed by atoms with E-state index >= 15 is 0 Å². The van der Waals surface area contributed by atoms with Crippen molar-refractivity contribution < 1.29 is 21.6 Å². The number of imidazole rings is 1. The van der Waals surface area contributed by atoms with Gasteiger partial charge in [-0.15, -0.1) is 0 Å². The van der Waals surface area contributed by atoms with Gasteiger partial charge in [0, 0.05) is 0 Å². The second kappa shape index (κ2) is 7.76. The quantitative estimate of drug-likeness (QED) is 0.628. The normalized spacial score (nSPS) is 13.4. The van der Waals surface area contributed by atoms with E-state index in [1.54, 1.807) is 13.1 Å². The number of halogens is 3. The highest BCUT2D eigenvalue weighted by atomic mass is 32.2. The van der Waals surface area contributed by atoms with Crippen molar-refractivity contribution in [3.05, 3.63) is 72.2 Å². The zero-order chi connectivity index (χ0) is 20.4. The minimum absolute atomic E-state index is 0.242. The SMILES string of the molecule is CCC(NS(=O)(=O)c1ccc(C(F)(F)F)cc1)c1ncc(-c2ccccc2)[nH]1. The minimum atomic E-state index is -4.52. The van der Waals surface area contributed by atoms with Crippen LogP contribution in [0.2, 0.25) is 0 Å². The lowest BCUT2D eigenvalue weighted by atomic mass is 10.2.